The van der Waals surface area contributed by atoms with Gasteiger partial charge in [-0.3, -0.25) is 9.59 Å². The molecule has 0 aromatic heterocycles. The van der Waals surface area contributed by atoms with Crippen LogP contribution < -0.4 is 20.7 Å². The fourth-order valence-corrected chi connectivity index (χ4v) is 2.93. The van der Waals surface area contributed by atoms with Crippen LogP contribution in [0.25, 0.3) is 0 Å². The molecule has 0 aliphatic rings. The number of hydrogen-bond acceptors (Lipinski definition) is 5. The molecule has 178 valence electrons. The van der Waals surface area contributed by atoms with Crippen molar-refractivity contribution in [3.8, 4) is 5.75 Å². The first-order valence-electron chi connectivity index (χ1n) is 10.9. The lowest BCUT2D eigenvalue weighted by atomic mass is 10.1. The third-order valence-electron chi connectivity index (χ3n) is 4.59. The highest BCUT2D eigenvalue weighted by Crippen LogP contribution is 2.17. The summed E-state index contributed by atoms with van der Waals surface area (Å²) in [5.41, 5.74) is 1.91. The monoisotopic (exact) mass is 455 g/mol. The third kappa shape index (κ3) is 10.1. The number of methoxy groups -OCH3 is 1. The van der Waals surface area contributed by atoms with Gasteiger partial charge < -0.3 is 25.4 Å². The van der Waals surface area contributed by atoms with Crippen LogP contribution in [-0.2, 0) is 27.3 Å². The van der Waals surface area contributed by atoms with E-state index in [0.29, 0.717) is 18.5 Å². The summed E-state index contributed by atoms with van der Waals surface area (Å²) < 4.78 is 10.3. The van der Waals surface area contributed by atoms with Gasteiger partial charge in [-0.1, -0.05) is 30.3 Å². The normalized spacial score (nSPS) is 10.8. The smallest absolute Gasteiger partial charge is 0.407 e. The van der Waals surface area contributed by atoms with Crippen LogP contribution in [0.15, 0.2) is 48.5 Å². The van der Waals surface area contributed by atoms with Gasteiger partial charge in [-0.2, -0.15) is 0 Å². The van der Waals surface area contributed by atoms with E-state index in [9.17, 15) is 14.4 Å². The van der Waals surface area contributed by atoms with Crippen LogP contribution in [0.4, 0.5) is 10.5 Å². The van der Waals surface area contributed by atoms with Gasteiger partial charge in [0.1, 0.15) is 11.4 Å². The maximum absolute atomic E-state index is 12.4. The Balaban J connectivity index is 1.77. The highest BCUT2D eigenvalue weighted by molar-refractivity contribution is 5.91. The van der Waals surface area contributed by atoms with E-state index in [-0.39, 0.29) is 31.3 Å². The fraction of sp³-hybridized carbons (Fsp3) is 0.400. The van der Waals surface area contributed by atoms with Crippen molar-refractivity contribution in [1.82, 2.24) is 10.6 Å². The molecule has 2 aromatic rings. The predicted molar refractivity (Wildman–Crippen MR) is 127 cm³/mol. The SMILES string of the molecule is COc1ccc(CCC(=O)Nc2ccccc2CNC(=O)CCNC(=O)OC(C)(C)C)cc1. The minimum atomic E-state index is -0.588. The van der Waals surface area contributed by atoms with Crippen molar-refractivity contribution in [3.63, 3.8) is 0 Å². The van der Waals surface area contributed by atoms with E-state index in [2.05, 4.69) is 16.0 Å². The molecule has 0 radical (unpaired) electrons. The van der Waals surface area contributed by atoms with Gasteiger partial charge in [0, 0.05) is 31.6 Å². The first-order chi connectivity index (χ1) is 15.7. The van der Waals surface area contributed by atoms with Gasteiger partial charge in [-0.05, 0) is 56.5 Å². The number of alkyl carbamates (subject to hydrolysis) is 1. The largest absolute Gasteiger partial charge is 0.497 e. The fourth-order valence-electron chi connectivity index (χ4n) is 2.93. The molecule has 0 saturated heterocycles. The number of aryl methyl sites for hydroxylation is 1. The second kappa shape index (κ2) is 12.5. The Kier molecular flexibility index (Phi) is 9.72. The molecule has 0 bridgehead atoms. The van der Waals surface area contributed by atoms with Crippen molar-refractivity contribution < 1.29 is 23.9 Å². The average Bonchev–Trinajstić information content (AvgIpc) is 2.76. The zero-order chi connectivity index (χ0) is 24.3. The number of nitrogens with one attached hydrogen (secondary N) is 3. The summed E-state index contributed by atoms with van der Waals surface area (Å²) in [6.45, 7) is 5.75. The number of anilines is 1. The Hall–Kier alpha value is -3.55. The average molecular weight is 456 g/mol. The second-order valence-corrected chi connectivity index (χ2v) is 8.51. The van der Waals surface area contributed by atoms with Crippen molar-refractivity contribution in [3.05, 3.63) is 59.7 Å². The Labute approximate surface area is 195 Å². The molecule has 0 aliphatic carbocycles. The number of carbonyl (C=O) groups is 3. The van der Waals surface area contributed by atoms with Crippen LogP contribution >= 0.6 is 0 Å². The molecule has 8 heteroatoms. The number of amides is 3. The summed E-state index contributed by atoms with van der Waals surface area (Å²) in [6.07, 6.45) is 0.510. The highest BCUT2D eigenvalue weighted by Gasteiger charge is 2.16. The maximum Gasteiger partial charge on any atom is 0.407 e. The number of para-hydroxylation sites is 1. The van der Waals surface area contributed by atoms with Gasteiger partial charge in [0.25, 0.3) is 0 Å². The van der Waals surface area contributed by atoms with E-state index in [0.717, 1.165) is 16.9 Å². The van der Waals surface area contributed by atoms with E-state index in [1.807, 2.05) is 42.5 Å². The van der Waals surface area contributed by atoms with Crippen LogP contribution in [0.3, 0.4) is 0 Å². The number of carbonyl (C=O) groups excluding carboxylic acids is 3. The minimum Gasteiger partial charge on any atom is -0.497 e. The summed E-state index contributed by atoms with van der Waals surface area (Å²) in [4.78, 5) is 36.2. The number of benzene rings is 2. The van der Waals surface area contributed by atoms with Crippen LogP contribution in [0.5, 0.6) is 5.75 Å². The van der Waals surface area contributed by atoms with Gasteiger partial charge >= 0.3 is 6.09 Å². The lowest BCUT2D eigenvalue weighted by molar-refractivity contribution is -0.121. The molecule has 0 aliphatic heterocycles. The second-order valence-electron chi connectivity index (χ2n) is 8.51. The van der Waals surface area contributed by atoms with E-state index in [4.69, 9.17) is 9.47 Å². The zero-order valence-electron chi connectivity index (χ0n) is 19.7. The minimum absolute atomic E-state index is 0.105. The lowest BCUT2D eigenvalue weighted by Gasteiger charge is -2.19. The molecule has 0 atom stereocenters. The Morgan fingerprint density at radius 2 is 1.58 bits per heavy atom. The van der Waals surface area contributed by atoms with Crippen LogP contribution in [0.2, 0.25) is 0 Å². The lowest BCUT2D eigenvalue weighted by Crippen LogP contribution is -2.35. The van der Waals surface area contributed by atoms with E-state index < -0.39 is 11.7 Å². The zero-order valence-corrected chi connectivity index (χ0v) is 19.7. The first kappa shape index (κ1) is 25.7. The number of rotatable bonds is 10. The summed E-state index contributed by atoms with van der Waals surface area (Å²) in [5, 5.41) is 8.28. The first-order valence-corrected chi connectivity index (χ1v) is 10.9. The summed E-state index contributed by atoms with van der Waals surface area (Å²) in [7, 11) is 1.61. The molecule has 3 amide bonds. The molecule has 2 aromatic carbocycles. The maximum atomic E-state index is 12.4. The molecule has 8 nitrogen and oxygen atoms in total. The molecular formula is C25H33N3O5. The van der Waals surface area contributed by atoms with Crippen molar-refractivity contribution in [2.24, 2.45) is 0 Å². The number of hydrogen-bond donors (Lipinski definition) is 3. The molecule has 33 heavy (non-hydrogen) atoms. The third-order valence-corrected chi connectivity index (χ3v) is 4.59. The van der Waals surface area contributed by atoms with E-state index >= 15 is 0 Å². The van der Waals surface area contributed by atoms with Crippen LogP contribution in [0.1, 0.15) is 44.7 Å². The predicted octanol–water partition coefficient (Wildman–Crippen LogP) is 3.80. The Morgan fingerprint density at radius 3 is 2.24 bits per heavy atom. The molecule has 0 fully saturated rings. The van der Waals surface area contributed by atoms with Crippen LogP contribution in [-0.4, -0.2) is 37.2 Å². The van der Waals surface area contributed by atoms with Gasteiger partial charge in [-0.15, -0.1) is 0 Å². The van der Waals surface area contributed by atoms with Gasteiger partial charge in [0.2, 0.25) is 11.8 Å². The van der Waals surface area contributed by atoms with Crippen molar-refractivity contribution >= 4 is 23.6 Å². The Bertz CT molecular complexity index is 936. The molecular weight excluding hydrogens is 422 g/mol. The highest BCUT2D eigenvalue weighted by atomic mass is 16.6. The molecule has 0 unspecified atom stereocenters. The van der Waals surface area contributed by atoms with Crippen molar-refractivity contribution in [2.45, 2.75) is 52.2 Å². The number of ether oxygens (including phenoxy) is 2. The van der Waals surface area contributed by atoms with E-state index in [1.165, 1.54) is 0 Å². The summed E-state index contributed by atoms with van der Waals surface area (Å²) in [5.74, 6) is 0.456. The van der Waals surface area contributed by atoms with Gasteiger partial charge in [0.15, 0.2) is 0 Å². The molecule has 3 N–H and O–H groups in total. The molecule has 0 heterocycles. The van der Waals surface area contributed by atoms with Crippen molar-refractivity contribution in [1.29, 1.82) is 0 Å². The van der Waals surface area contributed by atoms with Crippen LogP contribution in [0, 0.1) is 0 Å². The topological polar surface area (TPSA) is 106 Å². The summed E-state index contributed by atoms with van der Waals surface area (Å²) in [6, 6.07) is 14.9. The van der Waals surface area contributed by atoms with Gasteiger partial charge in [-0.25, -0.2) is 4.79 Å². The Morgan fingerprint density at radius 1 is 0.879 bits per heavy atom. The quantitative estimate of drug-likeness (QED) is 0.505. The van der Waals surface area contributed by atoms with E-state index in [1.54, 1.807) is 33.9 Å². The summed E-state index contributed by atoms with van der Waals surface area (Å²) >= 11 is 0. The molecule has 0 spiro atoms. The van der Waals surface area contributed by atoms with Crippen molar-refractivity contribution in [2.75, 3.05) is 19.0 Å². The molecule has 2 rings (SSSR count). The standard InChI is InChI=1S/C25H33N3O5/c1-25(2,3)33-24(31)26-16-15-22(29)27-17-19-7-5-6-8-21(19)28-23(30)14-11-18-9-12-20(32-4)13-10-18/h5-10,12-13H,11,14-17H2,1-4H3,(H,26,31)(H,27,29)(H,28,30). The van der Waals surface area contributed by atoms with Gasteiger partial charge in [0.05, 0.1) is 7.11 Å². The molecule has 0 saturated carbocycles.